The number of hydrogen-bond acceptors (Lipinski definition) is 2. The fourth-order valence-corrected chi connectivity index (χ4v) is 3.69. The van der Waals surface area contributed by atoms with E-state index in [1.54, 1.807) is 7.11 Å². The van der Waals surface area contributed by atoms with Crippen molar-refractivity contribution in [2.24, 2.45) is 11.3 Å². The lowest BCUT2D eigenvalue weighted by molar-refractivity contribution is 0.158. The topological polar surface area (TPSA) is 21.3 Å². The molecule has 1 fully saturated rings. The van der Waals surface area contributed by atoms with E-state index in [0.717, 1.165) is 24.8 Å². The van der Waals surface area contributed by atoms with Crippen molar-refractivity contribution in [3.8, 4) is 5.75 Å². The Morgan fingerprint density at radius 3 is 2.76 bits per heavy atom. The minimum absolute atomic E-state index is 0.437. The second kappa shape index (κ2) is 7.31. The van der Waals surface area contributed by atoms with Crippen LogP contribution in [0.1, 0.15) is 57.9 Å². The molecule has 1 aliphatic rings. The van der Waals surface area contributed by atoms with Crippen LogP contribution in [0.3, 0.4) is 0 Å². The van der Waals surface area contributed by atoms with E-state index in [4.69, 9.17) is 4.74 Å². The van der Waals surface area contributed by atoms with Crippen LogP contribution in [-0.4, -0.2) is 20.2 Å². The highest BCUT2D eigenvalue weighted by molar-refractivity contribution is 5.37. The zero-order valence-electron chi connectivity index (χ0n) is 14.1. The number of para-hydroxylation sites is 1. The summed E-state index contributed by atoms with van der Waals surface area (Å²) < 4.78 is 5.62. The Balaban J connectivity index is 2.20. The molecule has 0 heterocycles. The van der Waals surface area contributed by atoms with Crippen molar-refractivity contribution in [1.29, 1.82) is 0 Å². The fraction of sp³-hybridized carbons (Fsp3) is 0.684. The van der Waals surface area contributed by atoms with E-state index in [1.807, 2.05) is 0 Å². The molecule has 1 aromatic rings. The first-order valence-electron chi connectivity index (χ1n) is 8.41. The third-order valence-electron chi connectivity index (χ3n) is 4.91. The van der Waals surface area contributed by atoms with Gasteiger partial charge in [-0.2, -0.15) is 0 Å². The van der Waals surface area contributed by atoms with E-state index in [0.29, 0.717) is 11.3 Å². The summed E-state index contributed by atoms with van der Waals surface area (Å²) in [7, 11) is 1.79. The van der Waals surface area contributed by atoms with Crippen LogP contribution in [0.15, 0.2) is 24.3 Å². The van der Waals surface area contributed by atoms with Crippen molar-refractivity contribution in [2.45, 2.75) is 52.4 Å². The Hall–Kier alpha value is -1.02. The largest absolute Gasteiger partial charge is 0.496 e. The highest BCUT2D eigenvalue weighted by Crippen LogP contribution is 2.48. The van der Waals surface area contributed by atoms with Gasteiger partial charge in [-0.3, -0.25) is 0 Å². The summed E-state index contributed by atoms with van der Waals surface area (Å²) in [6.45, 7) is 9.30. The molecule has 0 aliphatic heterocycles. The zero-order chi connectivity index (χ0) is 15.3. The average Bonchev–Trinajstić information content (AvgIpc) is 2.48. The molecule has 0 bridgehead atoms. The summed E-state index contributed by atoms with van der Waals surface area (Å²) >= 11 is 0. The number of methoxy groups -OCH3 is 1. The second-order valence-corrected chi connectivity index (χ2v) is 7.22. The normalized spacial score (nSPS) is 24.8. The molecule has 0 aromatic heterocycles. The first-order chi connectivity index (χ1) is 10.1. The molecule has 0 radical (unpaired) electrons. The molecule has 118 valence electrons. The summed E-state index contributed by atoms with van der Waals surface area (Å²) in [4.78, 5) is 0. The first-order valence-corrected chi connectivity index (χ1v) is 8.41. The fourth-order valence-electron chi connectivity index (χ4n) is 3.69. The predicted molar refractivity (Wildman–Crippen MR) is 90.0 cm³/mol. The van der Waals surface area contributed by atoms with Gasteiger partial charge in [-0.05, 0) is 67.7 Å². The van der Waals surface area contributed by atoms with Gasteiger partial charge in [0, 0.05) is 0 Å². The lowest BCUT2D eigenvalue weighted by atomic mass is 9.65. The van der Waals surface area contributed by atoms with Crippen molar-refractivity contribution in [2.75, 3.05) is 20.2 Å². The molecular formula is C19H31NO. The average molecular weight is 289 g/mol. The van der Waals surface area contributed by atoms with Gasteiger partial charge in [-0.15, -0.1) is 0 Å². The van der Waals surface area contributed by atoms with Gasteiger partial charge in [0.15, 0.2) is 0 Å². The highest BCUT2D eigenvalue weighted by atomic mass is 16.5. The van der Waals surface area contributed by atoms with Crippen LogP contribution in [0.2, 0.25) is 0 Å². The summed E-state index contributed by atoms with van der Waals surface area (Å²) in [5, 5.41) is 3.63. The zero-order valence-corrected chi connectivity index (χ0v) is 14.1. The first kappa shape index (κ1) is 16.4. The monoisotopic (exact) mass is 289 g/mol. The van der Waals surface area contributed by atoms with Gasteiger partial charge in [0.05, 0.1) is 7.11 Å². The molecule has 0 saturated heterocycles. The Kier molecular flexibility index (Phi) is 5.69. The molecule has 1 aromatic carbocycles. The van der Waals surface area contributed by atoms with Crippen molar-refractivity contribution in [3.05, 3.63) is 29.8 Å². The number of nitrogens with one attached hydrogen (secondary N) is 1. The number of hydrogen-bond donors (Lipinski definition) is 1. The smallest absolute Gasteiger partial charge is 0.122 e. The van der Waals surface area contributed by atoms with Gasteiger partial charge in [0.2, 0.25) is 0 Å². The van der Waals surface area contributed by atoms with Crippen LogP contribution in [0, 0.1) is 11.3 Å². The Morgan fingerprint density at radius 2 is 2.05 bits per heavy atom. The van der Waals surface area contributed by atoms with Crippen molar-refractivity contribution >= 4 is 0 Å². The molecule has 2 nitrogen and oxygen atoms in total. The van der Waals surface area contributed by atoms with Gasteiger partial charge in [-0.1, -0.05) is 39.0 Å². The molecule has 1 N–H and O–H groups in total. The minimum Gasteiger partial charge on any atom is -0.496 e. The van der Waals surface area contributed by atoms with Crippen LogP contribution < -0.4 is 10.1 Å². The summed E-state index contributed by atoms with van der Waals surface area (Å²) in [6, 6.07) is 8.59. The number of ether oxygens (including phenoxy) is 1. The summed E-state index contributed by atoms with van der Waals surface area (Å²) in [5.41, 5.74) is 1.84. The van der Waals surface area contributed by atoms with Gasteiger partial charge in [-0.25, -0.2) is 0 Å². The van der Waals surface area contributed by atoms with Crippen LogP contribution in [0.5, 0.6) is 5.75 Å². The molecule has 2 rings (SSSR count). The van der Waals surface area contributed by atoms with Crippen molar-refractivity contribution < 1.29 is 4.74 Å². The van der Waals surface area contributed by atoms with E-state index >= 15 is 0 Å². The van der Waals surface area contributed by atoms with Gasteiger partial charge >= 0.3 is 0 Å². The maximum absolute atomic E-state index is 5.62. The number of benzene rings is 1. The molecule has 21 heavy (non-hydrogen) atoms. The molecule has 0 amide bonds. The van der Waals surface area contributed by atoms with Crippen LogP contribution >= 0.6 is 0 Å². The molecule has 0 spiro atoms. The quantitative estimate of drug-likeness (QED) is 0.772. The standard InChI is InChI=1S/C19H31NO/c1-5-12-20-14-15-10-11-19(2,3)13-17(15)16-8-6-7-9-18(16)21-4/h6-9,15,17,20H,5,10-14H2,1-4H3. The van der Waals surface area contributed by atoms with E-state index in [-0.39, 0.29) is 0 Å². The Bertz CT molecular complexity index is 441. The Labute approximate surface area is 130 Å². The van der Waals surface area contributed by atoms with Gasteiger partial charge in [0.1, 0.15) is 5.75 Å². The molecule has 2 unspecified atom stereocenters. The van der Waals surface area contributed by atoms with Gasteiger partial charge in [0.25, 0.3) is 0 Å². The third kappa shape index (κ3) is 4.23. The summed E-state index contributed by atoms with van der Waals surface area (Å²) in [5.74, 6) is 2.39. The highest BCUT2D eigenvalue weighted by Gasteiger charge is 2.36. The van der Waals surface area contributed by atoms with E-state index < -0.39 is 0 Å². The molecular weight excluding hydrogens is 258 g/mol. The van der Waals surface area contributed by atoms with E-state index in [1.165, 1.54) is 31.2 Å². The van der Waals surface area contributed by atoms with Crippen molar-refractivity contribution in [1.82, 2.24) is 5.32 Å². The van der Waals surface area contributed by atoms with Crippen molar-refractivity contribution in [3.63, 3.8) is 0 Å². The predicted octanol–water partition coefficient (Wildman–Crippen LogP) is 4.60. The van der Waals surface area contributed by atoms with Crippen LogP contribution in [0.25, 0.3) is 0 Å². The molecule has 2 heteroatoms. The van der Waals surface area contributed by atoms with E-state index in [9.17, 15) is 0 Å². The molecule has 2 atom stereocenters. The minimum atomic E-state index is 0.437. The maximum atomic E-state index is 5.62. The van der Waals surface area contributed by atoms with Gasteiger partial charge < -0.3 is 10.1 Å². The molecule has 1 aliphatic carbocycles. The maximum Gasteiger partial charge on any atom is 0.122 e. The lowest BCUT2D eigenvalue weighted by Gasteiger charge is -2.41. The van der Waals surface area contributed by atoms with Crippen LogP contribution in [0.4, 0.5) is 0 Å². The molecule has 1 saturated carbocycles. The van der Waals surface area contributed by atoms with Crippen LogP contribution in [-0.2, 0) is 0 Å². The number of rotatable bonds is 6. The van der Waals surface area contributed by atoms with E-state index in [2.05, 4.69) is 50.4 Å². The lowest BCUT2D eigenvalue weighted by Crippen LogP contribution is -2.35. The Morgan fingerprint density at radius 1 is 1.29 bits per heavy atom. The second-order valence-electron chi connectivity index (χ2n) is 7.22. The summed E-state index contributed by atoms with van der Waals surface area (Å²) in [6.07, 6.45) is 5.10. The SMILES string of the molecule is CCCNCC1CCC(C)(C)CC1c1ccccc1OC. The third-order valence-corrected chi connectivity index (χ3v) is 4.91.